The molecule has 0 spiro atoms. The van der Waals surface area contributed by atoms with E-state index in [1.54, 1.807) is 34.6 Å². The van der Waals surface area contributed by atoms with E-state index in [0.29, 0.717) is 0 Å². The van der Waals surface area contributed by atoms with Crippen LogP contribution in [0.5, 0.6) is 0 Å². The van der Waals surface area contributed by atoms with Crippen molar-refractivity contribution < 1.29 is 57.2 Å². The molecule has 0 bridgehead atoms. The average Bonchev–Trinajstić information content (AvgIpc) is 2.62. The van der Waals surface area contributed by atoms with Gasteiger partial charge in [-0.15, -0.1) is 0 Å². The Morgan fingerprint density at radius 3 is 2.11 bits per heavy atom. The van der Waals surface area contributed by atoms with Gasteiger partial charge in [-0.1, -0.05) is 13.8 Å². The van der Waals surface area contributed by atoms with E-state index in [9.17, 15) is 22.9 Å². The van der Waals surface area contributed by atoms with Crippen molar-refractivity contribution in [2.45, 2.75) is 45.7 Å². The molecule has 8 heteroatoms. The van der Waals surface area contributed by atoms with Crippen molar-refractivity contribution in [1.29, 1.82) is 0 Å². The van der Waals surface area contributed by atoms with Crippen LogP contribution in [-0.4, -0.2) is 35.1 Å². The zero-order valence-corrected chi connectivity index (χ0v) is 14.9. The van der Waals surface area contributed by atoms with Crippen molar-refractivity contribution in [3.63, 3.8) is 0 Å². The molecule has 0 heterocycles. The molecule has 1 aliphatic rings. The van der Waals surface area contributed by atoms with E-state index in [2.05, 4.69) is 0 Å². The second-order valence-corrected chi connectivity index (χ2v) is 7.71. The van der Waals surface area contributed by atoms with Gasteiger partial charge in [0.25, 0.3) is 0 Å². The van der Waals surface area contributed by atoms with Gasteiger partial charge in [0.2, 0.25) is 0 Å². The molecule has 0 saturated heterocycles. The fraction of sp³-hybridized carbons (Fsp3) is 0.909. The van der Waals surface area contributed by atoms with E-state index in [1.807, 2.05) is 0 Å². The van der Waals surface area contributed by atoms with Crippen molar-refractivity contribution in [2.75, 3.05) is 0 Å². The molecular formula is C11H19NaO6S. The molecule has 1 rings (SSSR count). The first-order valence-corrected chi connectivity index (χ1v) is 7.11. The first-order valence-electron chi connectivity index (χ1n) is 5.64. The Morgan fingerprint density at radius 1 is 1.37 bits per heavy atom. The Morgan fingerprint density at radius 2 is 1.79 bits per heavy atom. The summed E-state index contributed by atoms with van der Waals surface area (Å²) in [6.07, 6.45) is 0. The third kappa shape index (κ3) is 4.41. The molecule has 0 aromatic heterocycles. The van der Waals surface area contributed by atoms with E-state index >= 15 is 0 Å². The Balaban J connectivity index is 0.00000324. The number of hydrogen-bond acceptors (Lipinski definition) is 6. The molecule has 0 radical (unpaired) electrons. The minimum Gasteiger partial charge on any atom is -0.746 e. The molecule has 3 unspecified atom stereocenters. The summed E-state index contributed by atoms with van der Waals surface area (Å²) in [7, 11) is -4.82. The Labute approximate surface area is 135 Å². The number of aliphatic hydroxyl groups excluding tert-OH is 1. The summed E-state index contributed by atoms with van der Waals surface area (Å²) in [5.41, 5.74) is -3.51. The first kappa shape index (κ1) is 19.3. The van der Waals surface area contributed by atoms with Gasteiger partial charge >= 0.3 is 35.5 Å². The molecule has 0 aliphatic heterocycles. The number of hydrogen-bond donors (Lipinski definition) is 1. The summed E-state index contributed by atoms with van der Waals surface area (Å²) in [5.74, 6) is -2.26. The second-order valence-electron chi connectivity index (χ2n) is 6.24. The van der Waals surface area contributed by atoms with Gasteiger partial charge in [-0.3, -0.25) is 4.79 Å². The summed E-state index contributed by atoms with van der Waals surface area (Å²) in [4.78, 5) is 11.8. The van der Waals surface area contributed by atoms with E-state index in [0.717, 1.165) is 0 Å². The molecule has 1 fully saturated rings. The third-order valence-electron chi connectivity index (χ3n) is 3.17. The Hall–Kier alpha value is 0.340. The zero-order chi connectivity index (χ0) is 14.5. The summed E-state index contributed by atoms with van der Waals surface area (Å²) in [5, 5.41) is 9.47. The topological polar surface area (TPSA) is 104 Å². The van der Waals surface area contributed by atoms with Gasteiger partial charge in [0.05, 0.1) is 5.92 Å². The fourth-order valence-corrected chi connectivity index (χ4v) is 3.07. The van der Waals surface area contributed by atoms with Crippen molar-refractivity contribution >= 4 is 16.1 Å². The van der Waals surface area contributed by atoms with E-state index in [-0.39, 0.29) is 29.6 Å². The Bertz CT molecular complexity index is 450. The predicted molar refractivity (Wildman–Crippen MR) is 62.3 cm³/mol. The van der Waals surface area contributed by atoms with Gasteiger partial charge in [0, 0.05) is 5.92 Å². The van der Waals surface area contributed by atoms with Crippen molar-refractivity contribution in [3.05, 3.63) is 0 Å². The van der Waals surface area contributed by atoms with Crippen LogP contribution in [0.1, 0.15) is 34.6 Å². The molecule has 3 atom stereocenters. The maximum atomic E-state index is 11.8. The van der Waals surface area contributed by atoms with Crippen LogP contribution in [0.25, 0.3) is 0 Å². The molecule has 0 aromatic rings. The maximum absolute atomic E-state index is 11.8. The van der Waals surface area contributed by atoms with E-state index in [1.165, 1.54) is 0 Å². The largest absolute Gasteiger partial charge is 1.00 e. The minimum absolute atomic E-state index is 0. The van der Waals surface area contributed by atoms with E-state index < -0.39 is 44.4 Å². The van der Waals surface area contributed by atoms with Crippen LogP contribution in [0, 0.1) is 17.3 Å². The summed E-state index contributed by atoms with van der Waals surface area (Å²) in [6.45, 7) is 8.32. The van der Waals surface area contributed by atoms with Crippen molar-refractivity contribution in [2.24, 2.45) is 17.3 Å². The van der Waals surface area contributed by atoms with Gasteiger partial charge in [-0.05, 0) is 26.2 Å². The number of esters is 1. The van der Waals surface area contributed by atoms with Crippen LogP contribution >= 0.6 is 0 Å². The van der Waals surface area contributed by atoms with Crippen LogP contribution in [0.15, 0.2) is 0 Å². The molecule has 106 valence electrons. The molecule has 0 aromatic carbocycles. The molecular weight excluding hydrogens is 283 g/mol. The van der Waals surface area contributed by atoms with Gasteiger partial charge in [-0.2, -0.15) is 0 Å². The molecule has 1 saturated carbocycles. The minimum atomic E-state index is -4.82. The molecule has 1 N–H and O–H groups in total. The average molecular weight is 302 g/mol. The molecule has 0 amide bonds. The predicted octanol–water partition coefficient (Wildman–Crippen LogP) is -2.53. The molecule has 1 aliphatic carbocycles. The van der Waals surface area contributed by atoms with Crippen LogP contribution in [0.2, 0.25) is 0 Å². The number of carbonyl (C=O) groups excluding carboxylic acids is 1. The van der Waals surface area contributed by atoms with Gasteiger partial charge in [0.15, 0.2) is 0 Å². The number of carbonyl (C=O) groups is 1. The summed E-state index contributed by atoms with van der Waals surface area (Å²) < 4.78 is 37.5. The van der Waals surface area contributed by atoms with Gasteiger partial charge in [-0.25, -0.2) is 8.42 Å². The molecule has 6 nitrogen and oxygen atoms in total. The van der Waals surface area contributed by atoms with Gasteiger partial charge < -0.3 is 14.4 Å². The SMILES string of the molecule is CC(C)(C)OC(=O)C1C(C(O)S(=O)(=O)[O-])C1(C)C.[Na+]. The van der Waals surface area contributed by atoms with Crippen LogP contribution in [0.3, 0.4) is 0 Å². The smallest absolute Gasteiger partial charge is 0.746 e. The summed E-state index contributed by atoms with van der Waals surface area (Å²) in [6, 6.07) is 0. The number of rotatable bonds is 3. The monoisotopic (exact) mass is 302 g/mol. The standard InChI is InChI=1S/C11H20O6S.Na/c1-10(2,3)17-8(12)6-7(11(6,4)5)9(13)18(14,15)16;/h6-7,9,13H,1-5H3,(H,14,15,16);/q;+1/p-1. The summed E-state index contributed by atoms with van der Waals surface area (Å²) >= 11 is 0. The Kier molecular flexibility index (Phi) is 5.71. The quantitative estimate of drug-likeness (QED) is 0.350. The van der Waals surface area contributed by atoms with Crippen LogP contribution in [0.4, 0.5) is 0 Å². The maximum Gasteiger partial charge on any atom is 1.00 e. The fourth-order valence-electron chi connectivity index (χ4n) is 2.20. The third-order valence-corrected chi connectivity index (χ3v) is 4.06. The van der Waals surface area contributed by atoms with Crippen LogP contribution < -0.4 is 29.6 Å². The van der Waals surface area contributed by atoms with Crippen molar-refractivity contribution in [1.82, 2.24) is 0 Å². The number of aliphatic hydroxyl groups is 1. The second kappa shape index (κ2) is 5.61. The van der Waals surface area contributed by atoms with Gasteiger partial charge in [0.1, 0.15) is 21.2 Å². The zero-order valence-electron chi connectivity index (χ0n) is 12.1. The van der Waals surface area contributed by atoms with Crippen molar-refractivity contribution in [3.8, 4) is 0 Å². The molecule has 19 heavy (non-hydrogen) atoms. The number of ether oxygens (including phenoxy) is 1. The van der Waals surface area contributed by atoms with E-state index in [4.69, 9.17) is 4.74 Å². The van der Waals surface area contributed by atoms with Crippen LogP contribution in [-0.2, 0) is 19.6 Å². The normalized spacial score (nSPS) is 27.1. The first-order chi connectivity index (χ1) is 7.78.